The minimum atomic E-state index is -0.354. The monoisotopic (exact) mass is 167 g/mol. The maximum Gasteiger partial charge on any atom is 0.237 e. The maximum atomic E-state index is 11.3. The summed E-state index contributed by atoms with van der Waals surface area (Å²) in [5, 5.41) is 8.77. The van der Waals surface area contributed by atoms with Gasteiger partial charge < -0.3 is 5.11 Å². The van der Waals surface area contributed by atoms with E-state index in [9.17, 15) is 9.59 Å². The third-order valence-corrected chi connectivity index (χ3v) is 2.55. The average molecular weight is 167 g/mol. The SMILES string of the molecule is CN1C(=O)[C@H]2C(CO)=C[C@H]2C1=O. The minimum absolute atomic E-state index is 0.117. The summed E-state index contributed by atoms with van der Waals surface area (Å²) in [4.78, 5) is 23.7. The summed E-state index contributed by atoms with van der Waals surface area (Å²) < 4.78 is 0. The molecule has 0 saturated carbocycles. The molecule has 0 bridgehead atoms. The van der Waals surface area contributed by atoms with E-state index in [4.69, 9.17) is 5.11 Å². The molecule has 2 rings (SSSR count). The predicted octanol–water partition coefficient (Wildman–Crippen LogP) is -0.850. The van der Waals surface area contributed by atoms with Gasteiger partial charge in [0.25, 0.3) is 0 Å². The van der Waals surface area contributed by atoms with Crippen LogP contribution in [0.15, 0.2) is 11.6 Å². The Morgan fingerprint density at radius 2 is 2.17 bits per heavy atom. The van der Waals surface area contributed by atoms with Crippen LogP contribution in [0.25, 0.3) is 0 Å². The highest BCUT2D eigenvalue weighted by molar-refractivity contribution is 6.09. The van der Waals surface area contributed by atoms with Crippen molar-refractivity contribution in [3.8, 4) is 0 Å². The van der Waals surface area contributed by atoms with Gasteiger partial charge in [-0.05, 0) is 5.57 Å². The molecule has 1 fully saturated rings. The summed E-state index contributed by atoms with van der Waals surface area (Å²) in [6.45, 7) is -0.117. The second-order valence-corrected chi connectivity index (χ2v) is 3.14. The maximum absolute atomic E-state index is 11.3. The Labute approximate surface area is 69.5 Å². The van der Waals surface area contributed by atoms with Crippen molar-refractivity contribution in [2.24, 2.45) is 11.8 Å². The molecule has 0 spiro atoms. The standard InChI is InChI=1S/C8H9NO3/c1-9-7(11)5-2-4(3-10)6(5)8(9)12/h2,5-6,10H,3H2,1H3/t5-,6+/m1/s1. The van der Waals surface area contributed by atoms with Gasteiger partial charge in [0.2, 0.25) is 11.8 Å². The highest BCUT2D eigenvalue weighted by Crippen LogP contribution is 2.40. The number of rotatable bonds is 1. The third kappa shape index (κ3) is 0.653. The van der Waals surface area contributed by atoms with E-state index >= 15 is 0 Å². The van der Waals surface area contributed by atoms with E-state index in [0.717, 1.165) is 4.90 Å². The molecule has 0 unspecified atom stereocenters. The Morgan fingerprint density at radius 1 is 1.50 bits per heavy atom. The molecule has 2 atom stereocenters. The second kappa shape index (κ2) is 2.17. The van der Waals surface area contributed by atoms with E-state index in [-0.39, 0.29) is 30.3 Å². The van der Waals surface area contributed by atoms with Crippen molar-refractivity contribution in [3.05, 3.63) is 11.6 Å². The van der Waals surface area contributed by atoms with Crippen LogP contribution in [0, 0.1) is 11.8 Å². The summed E-state index contributed by atoms with van der Waals surface area (Å²) in [6.07, 6.45) is 1.68. The number of fused-ring (bicyclic) bond motifs is 1. The number of likely N-dealkylation sites (tertiary alicyclic amines) is 1. The number of imide groups is 1. The van der Waals surface area contributed by atoms with E-state index in [0.29, 0.717) is 5.57 Å². The second-order valence-electron chi connectivity index (χ2n) is 3.14. The lowest BCUT2D eigenvalue weighted by Crippen LogP contribution is -2.29. The zero-order valence-electron chi connectivity index (χ0n) is 6.65. The first kappa shape index (κ1) is 7.49. The fourth-order valence-corrected chi connectivity index (χ4v) is 1.76. The van der Waals surface area contributed by atoms with Crippen LogP contribution >= 0.6 is 0 Å². The molecule has 1 saturated heterocycles. The van der Waals surface area contributed by atoms with Gasteiger partial charge in [0.1, 0.15) is 0 Å². The summed E-state index contributed by atoms with van der Waals surface area (Å²) in [6, 6.07) is 0. The molecule has 1 aliphatic carbocycles. The predicted molar refractivity (Wildman–Crippen MR) is 39.9 cm³/mol. The van der Waals surface area contributed by atoms with Crippen LogP contribution in [0.1, 0.15) is 0 Å². The molecular formula is C8H9NO3. The van der Waals surface area contributed by atoms with E-state index in [1.54, 1.807) is 6.08 Å². The Hall–Kier alpha value is -1.16. The molecule has 0 aromatic rings. The normalized spacial score (nSPS) is 33.2. The van der Waals surface area contributed by atoms with Gasteiger partial charge in [-0.3, -0.25) is 14.5 Å². The van der Waals surface area contributed by atoms with Crippen LogP contribution in [0.5, 0.6) is 0 Å². The number of carbonyl (C=O) groups excluding carboxylic acids is 2. The zero-order chi connectivity index (χ0) is 8.88. The van der Waals surface area contributed by atoms with Gasteiger partial charge in [-0.1, -0.05) is 6.08 Å². The minimum Gasteiger partial charge on any atom is -0.392 e. The van der Waals surface area contributed by atoms with Crippen LogP contribution in [-0.4, -0.2) is 35.5 Å². The summed E-state index contributed by atoms with van der Waals surface area (Å²) in [5.41, 5.74) is 0.683. The van der Waals surface area contributed by atoms with E-state index < -0.39 is 0 Å². The van der Waals surface area contributed by atoms with Gasteiger partial charge in [-0.25, -0.2) is 0 Å². The Balaban J connectivity index is 2.31. The number of aliphatic hydroxyl groups excluding tert-OH is 1. The number of amides is 2. The Kier molecular flexibility index (Phi) is 1.35. The van der Waals surface area contributed by atoms with E-state index in [2.05, 4.69) is 0 Å². The molecule has 12 heavy (non-hydrogen) atoms. The van der Waals surface area contributed by atoms with Gasteiger partial charge >= 0.3 is 0 Å². The zero-order valence-corrected chi connectivity index (χ0v) is 6.65. The number of carbonyl (C=O) groups is 2. The first-order valence-corrected chi connectivity index (χ1v) is 3.79. The molecule has 1 heterocycles. The third-order valence-electron chi connectivity index (χ3n) is 2.55. The van der Waals surface area contributed by atoms with Gasteiger partial charge in [0.05, 0.1) is 18.4 Å². The van der Waals surface area contributed by atoms with Crippen molar-refractivity contribution in [2.75, 3.05) is 13.7 Å². The van der Waals surface area contributed by atoms with Crippen molar-refractivity contribution < 1.29 is 14.7 Å². The first-order chi connectivity index (χ1) is 5.66. The molecule has 1 N–H and O–H groups in total. The Morgan fingerprint density at radius 3 is 2.67 bits per heavy atom. The van der Waals surface area contributed by atoms with Crippen LogP contribution < -0.4 is 0 Å². The molecule has 4 nitrogen and oxygen atoms in total. The topological polar surface area (TPSA) is 57.6 Å². The lowest BCUT2D eigenvalue weighted by atomic mass is 9.77. The van der Waals surface area contributed by atoms with E-state index in [1.807, 2.05) is 0 Å². The summed E-state index contributed by atoms with van der Waals surface area (Å²) >= 11 is 0. The van der Waals surface area contributed by atoms with Crippen molar-refractivity contribution in [1.82, 2.24) is 4.90 Å². The fraction of sp³-hybridized carbons (Fsp3) is 0.500. The van der Waals surface area contributed by atoms with Crippen LogP contribution in [0.4, 0.5) is 0 Å². The van der Waals surface area contributed by atoms with Crippen molar-refractivity contribution >= 4 is 11.8 Å². The largest absolute Gasteiger partial charge is 0.392 e. The molecule has 1 aliphatic heterocycles. The van der Waals surface area contributed by atoms with Gasteiger partial charge in [0.15, 0.2) is 0 Å². The highest BCUT2D eigenvalue weighted by Gasteiger charge is 2.51. The molecule has 2 amide bonds. The number of aliphatic hydroxyl groups is 1. The highest BCUT2D eigenvalue weighted by atomic mass is 16.3. The van der Waals surface area contributed by atoms with Crippen LogP contribution in [0.2, 0.25) is 0 Å². The summed E-state index contributed by atoms with van der Waals surface area (Å²) in [7, 11) is 1.48. The molecule has 0 aromatic carbocycles. The summed E-state index contributed by atoms with van der Waals surface area (Å²) in [5.74, 6) is -0.976. The van der Waals surface area contributed by atoms with Crippen molar-refractivity contribution in [1.29, 1.82) is 0 Å². The first-order valence-electron chi connectivity index (χ1n) is 3.79. The van der Waals surface area contributed by atoms with Crippen LogP contribution in [-0.2, 0) is 9.59 Å². The number of hydrogen-bond acceptors (Lipinski definition) is 3. The average Bonchev–Trinajstić information content (AvgIpc) is 2.14. The molecule has 64 valence electrons. The molecule has 4 heteroatoms. The smallest absolute Gasteiger partial charge is 0.237 e. The van der Waals surface area contributed by atoms with E-state index in [1.165, 1.54) is 7.05 Å². The fourth-order valence-electron chi connectivity index (χ4n) is 1.76. The Bertz CT molecular complexity index is 295. The van der Waals surface area contributed by atoms with Crippen molar-refractivity contribution in [2.45, 2.75) is 0 Å². The quantitative estimate of drug-likeness (QED) is 0.409. The van der Waals surface area contributed by atoms with Gasteiger partial charge in [0, 0.05) is 7.05 Å². The molecule has 0 aromatic heterocycles. The number of hydrogen-bond donors (Lipinski definition) is 1. The molecular weight excluding hydrogens is 158 g/mol. The molecule has 2 aliphatic rings. The molecule has 0 radical (unpaired) electrons. The lowest BCUT2D eigenvalue weighted by molar-refractivity contribution is -0.137. The number of nitrogens with zero attached hydrogens (tertiary/aromatic N) is 1. The lowest BCUT2D eigenvalue weighted by Gasteiger charge is -2.24. The van der Waals surface area contributed by atoms with Gasteiger partial charge in [-0.2, -0.15) is 0 Å². The van der Waals surface area contributed by atoms with Gasteiger partial charge in [-0.15, -0.1) is 0 Å². The van der Waals surface area contributed by atoms with Crippen LogP contribution in [0.3, 0.4) is 0 Å². The van der Waals surface area contributed by atoms with Crippen molar-refractivity contribution in [3.63, 3.8) is 0 Å².